The van der Waals surface area contributed by atoms with Crippen molar-refractivity contribution < 1.29 is 14.3 Å². The van der Waals surface area contributed by atoms with Crippen LogP contribution in [0.1, 0.15) is 18.9 Å². The van der Waals surface area contributed by atoms with Gasteiger partial charge in [0, 0.05) is 23.6 Å². The number of aromatic amines is 1. The van der Waals surface area contributed by atoms with E-state index in [-0.39, 0.29) is 24.8 Å². The first-order valence-corrected chi connectivity index (χ1v) is 9.56. The number of nitrogens with one attached hydrogen (secondary N) is 2. The lowest BCUT2D eigenvalue weighted by molar-refractivity contribution is -0.128. The van der Waals surface area contributed by atoms with Gasteiger partial charge in [-0.25, -0.2) is 0 Å². The zero-order valence-corrected chi connectivity index (χ0v) is 15.8. The monoisotopic (exact) mass is 377 g/mol. The molecule has 144 valence electrons. The van der Waals surface area contributed by atoms with E-state index in [1.165, 1.54) is 0 Å². The second-order valence-electron chi connectivity index (χ2n) is 6.91. The number of amides is 2. The Bertz CT molecular complexity index is 1010. The summed E-state index contributed by atoms with van der Waals surface area (Å²) in [6, 6.07) is 15.3. The fourth-order valence-corrected chi connectivity index (χ4v) is 3.51. The molecule has 0 radical (unpaired) electrons. The fraction of sp³-hybridized carbons (Fsp3) is 0.273. The van der Waals surface area contributed by atoms with Gasteiger partial charge in [-0.1, -0.05) is 37.3 Å². The highest BCUT2D eigenvalue weighted by Gasteiger charge is 2.33. The van der Waals surface area contributed by atoms with Crippen LogP contribution in [0.2, 0.25) is 0 Å². The first-order valence-electron chi connectivity index (χ1n) is 9.56. The molecule has 0 aliphatic carbocycles. The molecule has 0 fully saturated rings. The number of aromatic nitrogens is 1. The van der Waals surface area contributed by atoms with Crippen molar-refractivity contribution >= 4 is 28.4 Å². The summed E-state index contributed by atoms with van der Waals surface area (Å²) in [4.78, 5) is 30.5. The Morgan fingerprint density at radius 3 is 2.82 bits per heavy atom. The Labute approximate surface area is 163 Å². The molecule has 1 atom stereocenters. The molecular weight excluding hydrogens is 354 g/mol. The van der Waals surface area contributed by atoms with Crippen molar-refractivity contribution in [2.45, 2.75) is 25.9 Å². The van der Waals surface area contributed by atoms with E-state index < -0.39 is 6.10 Å². The molecule has 3 aromatic rings. The Kier molecular flexibility index (Phi) is 5.02. The highest BCUT2D eigenvalue weighted by atomic mass is 16.5. The molecule has 2 amide bonds. The lowest BCUT2D eigenvalue weighted by atomic mass is 10.1. The largest absolute Gasteiger partial charge is 0.477 e. The normalized spacial score (nSPS) is 15.8. The van der Waals surface area contributed by atoms with Crippen molar-refractivity contribution in [1.29, 1.82) is 0 Å². The first-order chi connectivity index (χ1) is 13.7. The van der Waals surface area contributed by atoms with Crippen LogP contribution in [0.4, 0.5) is 5.69 Å². The molecule has 1 aliphatic heterocycles. The molecule has 1 aliphatic rings. The molecule has 0 unspecified atom stereocenters. The van der Waals surface area contributed by atoms with Crippen molar-refractivity contribution in [3.05, 3.63) is 60.3 Å². The van der Waals surface area contributed by atoms with Gasteiger partial charge in [-0.15, -0.1) is 0 Å². The van der Waals surface area contributed by atoms with Gasteiger partial charge in [-0.3, -0.25) is 9.59 Å². The lowest BCUT2D eigenvalue weighted by Crippen LogP contribution is -2.51. The van der Waals surface area contributed by atoms with E-state index in [9.17, 15) is 9.59 Å². The number of H-pyrrole nitrogens is 1. The molecule has 0 spiro atoms. The van der Waals surface area contributed by atoms with Gasteiger partial charge >= 0.3 is 0 Å². The third kappa shape index (κ3) is 3.45. The first kappa shape index (κ1) is 18.1. The van der Waals surface area contributed by atoms with Gasteiger partial charge in [-0.2, -0.15) is 0 Å². The van der Waals surface area contributed by atoms with Gasteiger partial charge in [0.2, 0.25) is 5.91 Å². The molecule has 28 heavy (non-hydrogen) atoms. The predicted molar refractivity (Wildman–Crippen MR) is 109 cm³/mol. The lowest BCUT2D eigenvalue weighted by Gasteiger charge is -2.34. The average molecular weight is 377 g/mol. The molecule has 1 aromatic heterocycles. The third-order valence-electron chi connectivity index (χ3n) is 4.93. The summed E-state index contributed by atoms with van der Waals surface area (Å²) in [5.74, 6) is 0.299. The standard InChI is InChI=1S/C22H23N3O3/c1-2-11-23-22(27)20-14-25(18-9-5-6-10-19(18)28-20)21(26)12-15-13-24-17-8-4-3-7-16(15)17/h3-10,13,20,24H,2,11-12,14H2,1H3,(H,23,27)/t20-/m0/s1. The second kappa shape index (κ2) is 7.76. The molecular formula is C22H23N3O3. The van der Waals surface area contributed by atoms with Crippen LogP contribution in [0.3, 0.4) is 0 Å². The Hall–Kier alpha value is -3.28. The molecule has 6 heteroatoms. The minimum absolute atomic E-state index is 0.0613. The highest BCUT2D eigenvalue weighted by Crippen LogP contribution is 2.34. The Morgan fingerprint density at radius 2 is 1.96 bits per heavy atom. The van der Waals surface area contributed by atoms with Crippen LogP contribution in [-0.2, 0) is 16.0 Å². The molecule has 0 bridgehead atoms. The Morgan fingerprint density at radius 1 is 1.18 bits per heavy atom. The number of carbonyl (C=O) groups excluding carboxylic acids is 2. The molecule has 0 saturated heterocycles. The summed E-state index contributed by atoms with van der Waals surface area (Å²) in [5, 5.41) is 3.89. The smallest absolute Gasteiger partial charge is 0.262 e. The summed E-state index contributed by atoms with van der Waals surface area (Å²) >= 11 is 0. The topological polar surface area (TPSA) is 74.4 Å². The molecule has 6 nitrogen and oxygen atoms in total. The molecule has 2 heterocycles. The van der Waals surface area contributed by atoms with E-state index in [4.69, 9.17) is 4.74 Å². The predicted octanol–water partition coefficient (Wildman–Crippen LogP) is 3.03. The molecule has 2 N–H and O–H groups in total. The van der Waals surface area contributed by atoms with Crippen LogP contribution in [0.5, 0.6) is 5.75 Å². The van der Waals surface area contributed by atoms with Gasteiger partial charge in [-0.05, 0) is 30.2 Å². The van der Waals surface area contributed by atoms with Gasteiger partial charge in [0.1, 0.15) is 5.75 Å². The summed E-state index contributed by atoms with van der Waals surface area (Å²) in [5.41, 5.74) is 2.65. The molecule has 2 aromatic carbocycles. The SMILES string of the molecule is CCCNC(=O)[C@@H]1CN(C(=O)Cc2c[nH]c3ccccc23)c2ccccc2O1. The number of fused-ring (bicyclic) bond motifs is 2. The fourth-order valence-electron chi connectivity index (χ4n) is 3.51. The van der Waals surface area contributed by atoms with Crippen LogP contribution in [0, 0.1) is 0 Å². The minimum atomic E-state index is -0.714. The molecule has 4 rings (SSSR count). The number of benzene rings is 2. The number of anilines is 1. The number of hydrogen-bond acceptors (Lipinski definition) is 3. The van der Waals surface area contributed by atoms with Crippen molar-refractivity contribution in [2.75, 3.05) is 18.0 Å². The van der Waals surface area contributed by atoms with Crippen LogP contribution in [0.25, 0.3) is 10.9 Å². The van der Waals surface area contributed by atoms with Crippen molar-refractivity contribution in [2.24, 2.45) is 0 Å². The van der Waals surface area contributed by atoms with Gasteiger partial charge in [0.05, 0.1) is 18.7 Å². The maximum Gasteiger partial charge on any atom is 0.262 e. The number of para-hydroxylation sites is 3. The van der Waals surface area contributed by atoms with E-state index in [1.54, 1.807) is 11.0 Å². The zero-order valence-electron chi connectivity index (χ0n) is 15.8. The van der Waals surface area contributed by atoms with Crippen LogP contribution in [-0.4, -0.2) is 36.0 Å². The van der Waals surface area contributed by atoms with E-state index in [0.717, 1.165) is 22.9 Å². The number of hydrogen-bond donors (Lipinski definition) is 2. The van der Waals surface area contributed by atoms with Crippen LogP contribution in [0.15, 0.2) is 54.7 Å². The Balaban J connectivity index is 1.59. The van der Waals surface area contributed by atoms with E-state index >= 15 is 0 Å². The zero-order chi connectivity index (χ0) is 19.5. The quantitative estimate of drug-likeness (QED) is 0.718. The van der Waals surface area contributed by atoms with Crippen molar-refractivity contribution in [3.8, 4) is 5.75 Å². The van der Waals surface area contributed by atoms with Gasteiger partial charge in [0.15, 0.2) is 6.10 Å². The molecule has 0 saturated carbocycles. The minimum Gasteiger partial charge on any atom is -0.477 e. The number of nitrogens with zero attached hydrogens (tertiary/aromatic N) is 1. The summed E-state index contributed by atoms with van der Waals surface area (Å²) in [6.45, 7) is 2.78. The second-order valence-corrected chi connectivity index (χ2v) is 6.91. The number of ether oxygens (including phenoxy) is 1. The van der Waals surface area contributed by atoms with Crippen LogP contribution >= 0.6 is 0 Å². The summed E-state index contributed by atoms with van der Waals surface area (Å²) in [7, 11) is 0. The van der Waals surface area contributed by atoms with E-state index in [0.29, 0.717) is 18.0 Å². The van der Waals surface area contributed by atoms with Crippen LogP contribution < -0.4 is 15.0 Å². The summed E-state index contributed by atoms with van der Waals surface area (Å²) in [6.07, 6.45) is 2.26. The van der Waals surface area contributed by atoms with E-state index in [1.807, 2.05) is 55.6 Å². The van der Waals surface area contributed by atoms with Gasteiger partial charge in [0.25, 0.3) is 5.91 Å². The third-order valence-corrected chi connectivity index (χ3v) is 4.93. The average Bonchev–Trinajstić information content (AvgIpc) is 3.14. The van der Waals surface area contributed by atoms with Crippen molar-refractivity contribution in [3.63, 3.8) is 0 Å². The summed E-state index contributed by atoms with van der Waals surface area (Å²) < 4.78 is 5.86. The number of carbonyl (C=O) groups is 2. The highest BCUT2D eigenvalue weighted by molar-refractivity contribution is 6.00. The van der Waals surface area contributed by atoms with Gasteiger partial charge < -0.3 is 19.9 Å². The van der Waals surface area contributed by atoms with Crippen molar-refractivity contribution in [1.82, 2.24) is 10.3 Å². The maximum atomic E-state index is 13.2. The van der Waals surface area contributed by atoms with E-state index in [2.05, 4.69) is 10.3 Å². The maximum absolute atomic E-state index is 13.2. The number of rotatable bonds is 5.